The predicted octanol–water partition coefficient (Wildman–Crippen LogP) is 0.579. The molecule has 0 heterocycles. The molecule has 21 heavy (non-hydrogen) atoms. The highest BCUT2D eigenvalue weighted by Gasteiger charge is 2.35. The molecule has 120 valence electrons. The number of esters is 3. The molecule has 7 nitrogen and oxygen atoms in total. The van der Waals surface area contributed by atoms with Crippen molar-refractivity contribution in [3.05, 3.63) is 12.7 Å². The van der Waals surface area contributed by atoms with Crippen molar-refractivity contribution >= 4 is 17.9 Å². The van der Waals surface area contributed by atoms with Gasteiger partial charge in [0.15, 0.2) is 0 Å². The lowest BCUT2D eigenvalue weighted by atomic mass is 10.0. The Bertz CT molecular complexity index is 373. The monoisotopic (exact) mass is 301 g/mol. The van der Waals surface area contributed by atoms with Crippen LogP contribution in [-0.2, 0) is 28.6 Å². The van der Waals surface area contributed by atoms with Gasteiger partial charge < -0.3 is 19.5 Å². The van der Waals surface area contributed by atoms with E-state index in [0.29, 0.717) is 0 Å². The summed E-state index contributed by atoms with van der Waals surface area (Å²) in [7, 11) is 0. The molecule has 0 aromatic heterocycles. The minimum absolute atomic E-state index is 0.0152. The third kappa shape index (κ3) is 8.80. The zero-order valence-electron chi connectivity index (χ0n) is 12.9. The molecule has 7 heteroatoms. The summed E-state index contributed by atoms with van der Waals surface area (Å²) < 4.78 is 15.0. The van der Waals surface area contributed by atoms with Gasteiger partial charge >= 0.3 is 17.9 Å². The number of carbonyl (C=O) groups excluding carboxylic acids is 3. The van der Waals surface area contributed by atoms with Gasteiger partial charge in [-0.05, 0) is 0 Å². The highest BCUT2D eigenvalue weighted by atomic mass is 16.6. The Morgan fingerprint density at radius 2 is 1.48 bits per heavy atom. The summed E-state index contributed by atoms with van der Waals surface area (Å²) in [6, 6.07) is -0.0152. The van der Waals surface area contributed by atoms with Gasteiger partial charge in [-0.3, -0.25) is 9.59 Å². The third-order valence-corrected chi connectivity index (χ3v) is 2.36. The van der Waals surface area contributed by atoms with Crippen LogP contribution in [0.1, 0.15) is 27.7 Å². The van der Waals surface area contributed by atoms with Crippen molar-refractivity contribution < 1.29 is 28.6 Å². The van der Waals surface area contributed by atoms with E-state index in [1.165, 1.54) is 13.8 Å². The largest absolute Gasteiger partial charge is 0.464 e. The van der Waals surface area contributed by atoms with E-state index in [4.69, 9.17) is 14.2 Å². The van der Waals surface area contributed by atoms with Crippen LogP contribution in [0, 0.1) is 0 Å². The van der Waals surface area contributed by atoms with Gasteiger partial charge in [0.05, 0.1) is 0 Å². The predicted molar refractivity (Wildman–Crippen MR) is 75.4 cm³/mol. The maximum Gasteiger partial charge on any atom is 0.330 e. The smallest absolute Gasteiger partial charge is 0.330 e. The Morgan fingerprint density at radius 1 is 1.05 bits per heavy atom. The topological polar surface area (TPSA) is 90.9 Å². The van der Waals surface area contributed by atoms with E-state index in [9.17, 15) is 14.4 Å². The maximum absolute atomic E-state index is 11.2. The van der Waals surface area contributed by atoms with Gasteiger partial charge in [-0.15, -0.1) is 0 Å². The van der Waals surface area contributed by atoms with Crippen molar-refractivity contribution in [1.29, 1.82) is 0 Å². The molecule has 0 aliphatic rings. The summed E-state index contributed by atoms with van der Waals surface area (Å²) in [5.74, 6) is -1.58. The van der Waals surface area contributed by atoms with E-state index in [1.807, 2.05) is 13.8 Å². The molecule has 0 amide bonds. The van der Waals surface area contributed by atoms with E-state index in [-0.39, 0.29) is 25.9 Å². The Labute approximate surface area is 124 Å². The molecule has 0 aromatic rings. The standard InChI is InChI=1S/C14H23NO6/c1-6-13(18)21-9-14(15-10(2)3,7-19-11(4)16)8-20-12(5)17/h6,10,15H,1,7-9H2,2-5H3. The molecule has 0 aliphatic carbocycles. The van der Waals surface area contributed by atoms with Gasteiger partial charge in [-0.1, -0.05) is 20.4 Å². The van der Waals surface area contributed by atoms with Crippen LogP contribution in [0.2, 0.25) is 0 Å². The number of carbonyl (C=O) groups is 3. The fourth-order valence-corrected chi connectivity index (χ4v) is 1.61. The third-order valence-electron chi connectivity index (χ3n) is 2.36. The summed E-state index contributed by atoms with van der Waals surface area (Å²) in [5.41, 5.74) is -1.01. The lowest BCUT2D eigenvalue weighted by molar-refractivity contribution is -0.153. The first-order valence-electron chi connectivity index (χ1n) is 6.54. The average molecular weight is 301 g/mol. The van der Waals surface area contributed by atoms with Crippen molar-refractivity contribution in [3.8, 4) is 0 Å². The van der Waals surface area contributed by atoms with E-state index in [0.717, 1.165) is 6.08 Å². The lowest BCUT2D eigenvalue weighted by Gasteiger charge is -2.34. The second-order valence-electron chi connectivity index (χ2n) is 4.95. The Morgan fingerprint density at radius 3 is 1.81 bits per heavy atom. The Balaban J connectivity index is 5.05. The number of hydrogen-bond donors (Lipinski definition) is 1. The molecule has 0 spiro atoms. The number of ether oxygens (including phenoxy) is 3. The minimum atomic E-state index is -1.01. The molecule has 0 fully saturated rings. The molecule has 0 atom stereocenters. The first-order valence-corrected chi connectivity index (χ1v) is 6.54. The van der Waals surface area contributed by atoms with Crippen LogP contribution in [-0.4, -0.2) is 49.3 Å². The van der Waals surface area contributed by atoms with Crippen LogP contribution in [0.3, 0.4) is 0 Å². The van der Waals surface area contributed by atoms with E-state index < -0.39 is 23.4 Å². The molecule has 0 bridgehead atoms. The normalized spacial score (nSPS) is 10.9. The fourth-order valence-electron chi connectivity index (χ4n) is 1.61. The molecule has 1 N–H and O–H groups in total. The summed E-state index contributed by atoms with van der Waals surface area (Å²) >= 11 is 0. The van der Waals surface area contributed by atoms with Crippen molar-refractivity contribution in [3.63, 3.8) is 0 Å². The first kappa shape index (κ1) is 19.1. The van der Waals surface area contributed by atoms with Crippen molar-refractivity contribution in [1.82, 2.24) is 5.32 Å². The molecule has 0 aliphatic heterocycles. The van der Waals surface area contributed by atoms with E-state index in [1.54, 1.807) is 0 Å². The SMILES string of the molecule is C=CC(=O)OCC(COC(C)=O)(COC(C)=O)NC(C)C. The summed E-state index contributed by atoms with van der Waals surface area (Å²) in [6.07, 6.45) is 1.03. The van der Waals surface area contributed by atoms with Gasteiger partial charge in [-0.25, -0.2) is 4.79 Å². The van der Waals surface area contributed by atoms with Gasteiger partial charge in [-0.2, -0.15) is 0 Å². The number of hydrogen-bond acceptors (Lipinski definition) is 7. The average Bonchev–Trinajstić information content (AvgIpc) is 2.39. The Kier molecular flexibility index (Phi) is 8.30. The Hall–Kier alpha value is -1.89. The molecular formula is C14H23NO6. The number of rotatable bonds is 9. The van der Waals surface area contributed by atoms with Crippen LogP contribution in [0.5, 0.6) is 0 Å². The zero-order valence-corrected chi connectivity index (χ0v) is 12.9. The molecule has 0 aromatic carbocycles. The summed E-state index contributed by atoms with van der Waals surface area (Å²) in [6.45, 7) is 9.24. The van der Waals surface area contributed by atoms with E-state index in [2.05, 4.69) is 11.9 Å². The van der Waals surface area contributed by atoms with Crippen LogP contribution in [0.15, 0.2) is 12.7 Å². The fraction of sp³-hybridized carbons (Fsp3) is 0.643. The number of nitrogens with one attached hydrogen (secondary N) is 1. The first-order chi connectivity index (χ1) is 9.70. The highest BCUT2D eigenvalue weighted by Crippen LogP contribution is 2.11. The van der Waals surface area contributed by atoms with Crippen LogP contribution in [0.4, 0.5) is 0 Å². The lowest BCUT2D eigenvalue weighted by Crippen LogP contribution is -2.59. The van der Waals surface area contributed by atoms with Crippen molar-refractivity contribution in [2.24, 2.45) is 0 Å². The van der Waals surface area contributed by atoms with Crippen LogP contribution in [0.25, 0.3) is 0 Å². The summed E-state index contributed by atoms with van der Waals surface area (Å²) in [4.78, 5) is 33.3. The molecule has 0 unspecified atom stereocenters. The van der Waals surface area contributed by atoms with Crippen LogP contribution >= 0.6 is 0 Å². The minimum Gasteiger partial charge on any atom is -0.464 e. The van der Waals surface area contributed by atoms with Gasteiger partial charge in [0, 0.05) is 26.0 Å². The highest BCUT2D eigenvalue weighted by molar-refractivity contribution is 5.81. The molecular weight excluding hydrogens is 278 g/mol. The van der Waals surface area contributed by atoms with E-state index >= 15 is 0 Å². The molecule has 0 saturated heterocycles. The maximum atomic E-state index is 11.2. The summed E-state index contributed by atoms with van der Waals surface area (Å²) in [5, 5.41) is 3.12. The quantitative estimate of drug-likeness (QED) is 0.378. The molecule has 0 radical (unpaired) electrons. The second kappa shape index (κ2) is 9.12. The van der Waals surface area contributed by atoms with Crippen LogP contribution < -0.4 is 5.32 Å². The zero-order chi connectivity index (χ0) is 16.5. The van der Waals surface area contributed by atoms with Crippen molar-refractivity contribution in [2.75, 3.05) is 19.8 Å². The molecule has 0 saturated carbocycles. The van der Waals surface area contributed by atoms with Crippen molar-refractivity contribution in [2.45, 2.75) is 39.3 Å². The van der Waals surface area contributed by atoms with Gasteiger partial charge in [0.25, 0.3) is 0 Å². The van der Waals surface area contributed by atoms with Gasteiger partial charge in [0.1, 0.15) is 25.4 Å². The molecule has 0 rings (SSSR count). The second-order valence-corrected chi connectivity index (χ2v) is 4.95. The van der Waals surface area contributed by atoms with Gasteiger partial charge in [0.2, 0.25) is 0 Å².